The predicted molar refractivity (Wildman–Crippen MR) is 71.3 cm³/mol. The molecule has 0 radical (unpaired) electrons. The minimum Gasteiger partial charge on any atom is -0.380 e. The van der Waals surface area contributed by atoms with Crippen LogP contribution < -0.4 is 5.32 Å². The van der Waals surface area contributed by atoms with E-state index in [9.17, 15) is 0 Å². The van der Waals surface area contributed by atoms with Crippen molar-refractivity contribution >= 4 is 0 Å². The maximum atomic E-state index is 5.61. The standard InChI is InChI=1S/C14H28N2O/c1-11(2)15-9-12-7-8-16(10-12)13-5-4-6-14(13)17-3/h11-15H,4-10H2,1-3H3. The van der Waals surface area contributed by atoms with E-state index >= 15 is 0 Å². The van der Waals surface area contributed by atoms with Gasteiger partial charge in [0, 0.05) is 25.7 Å². The van der Waals surface area contributed by atoms with Crippen LogP contribution in [0, 0.1) is 5.92 Å². The summed E-state index contributed by atoms with van der Waals surface area (Å²) in [7, 11) is 1.87. The monoisotopic (exact) mass is 240 g/mol. The third kappa shape index (κ3) is 3.43. The number of nitrogens with zero attached hydrogens (tertiary/aromatic N) is 1. The Morgan fingerprint density at radius 1 is 1.29 bits per heavy atom. The summed E-state index contributed by atoms with van der Waals surface area (Å²) in [6.07, 6.45) is 5.78. The Kier molecular flexibility index (Phi) is 4.83. The minimum absolute atomic E-state index is 0.492. The van der Waals surface area contributed by atoms with Crippen LogP contribution in [0.1, 0.15) is 39.5 Å². The highest BCUT2D eigenvalue weighted by molar-refractivity contribution is 4.90. The van der Waals surface area contributed by atoms with Gasteiger partial charge in [0.05, 0.1) is 6.10 Å². The second-order valence-corrected chi connectivity index (χ2v) is 5.98. The molecule has 3 nitrogen and oxygen atoms in total. The van der Waals surface area contributed by atoms with Crippen LogP contribution in [0.15, 0.2) is 0 Å². The fourth-order valence-corrected chi connectivity index (χ4v) is 3.33. The molecule has 1 N–H and O–H groups in total. The van der Waals surface area contributed by atoms with Crippen LogP contribution >= 0.6 is 0 Å². The maximum absolute atomic E-state index is 5.61. The summed E-state index contributed by atoms with van der Waals surface area (Å²) < 4.78 is 5.61. The van der Waals surface area contributed by atoms with Crippen LogP contribution in [0.25, 0.3) is 0 Å². The van der Waals surface area contributed by atoms with Crippen LogP contribution in [0.5, 0.6) is 0 Å². The maximum Gasteiger partial charge on any atom is 0.0726 e. The van der Waals surface area contributed by atoms with Gasteiger partial charge in [-0.2, -0.15) is 0 Å². The number of likely N-dealkylation sites (tertiary alicyclic amines) is 1. The minimum atomic E-state index is 0.492. The van der Waals surface area contributed by atoms with Crippen molar-refractivity contribution in [3.8, 4) is 0 Å². The van der Waals surface area contributed by atoms with Crippen molar-refractivity contribution in [1.29, 1.82) is 0 Å². The first-order valence-corrected chi connectivity index (χ1v) is 7.21. The van der Waals surface area contributed by atoms with Crippen molar-refractivity contribution in [2.45, 2.75) is 57.7 Å². The van der Waals surface area contributed by atoms with Crippen molar-refractivity contribution in [2.24, 2.45) is 5.92 Å². The van der Waals surface area contributed by atoms with Crippen molar-refractivity contribution in [3.05, 3.63) is 0 Å². The zero-order chi connectivity index (χ0) is 12.3. The number of rotatable bonds is 5. The van der Waals surface area contributed by atoms with E-state index in [0.717, 1.165) is 5.92 Å². The molecule has 2 rings (SSSR count). The van der Waals surface area contributed by atoms with Gasteiger partial charge >= 0.3 is 0 Å². The van der Waals surface area contributed by atoms with Gasteiger partial charge in [0.1, 0.15) is 0 Å². The van der Waals surface area contributed by atoms with Crippen molar-refractivity contribution in [1.82, 2.24) is 10.2 Å². The number of methoxy groups -OCH3 is 1. The normalized spacial score (nSPS) is 34.9. The van der Waals surface area contributed by atoms with Crippen molar-refractivity contribution in [3.63, 3.8) is 0 Å². The molecule has 0 aromatic heterocycles. The summed E-state index contributed by atoms with van der Waals surface area (Å²) in [4.78, 5) is 2.67. The summed E-state index contributed by atoms with van der Waals surface area (Å²) in [6.45, 7) is 8.17. The molecule has 0 spiro atoms. The largest absolute Gasteiger partial charge is 0.380 e. The second kappa shape index (κ2) is 6.17. The van der Waals surface area contributed by atoms with E-state index in [4.69, 9.17) is 4.74 Å². The fraction of sp³-hybridized carbons (Fsp3) is 1.00. The zero-order valence-electron chi connectivity index (χ0n) is 11.6. The van der Waals surface area contributed by atoms with E-state index in [-0.39, 0.29) is 0 Å². The lowest BCUT2D eigenvalue weighted by molar-refractivity contribution is 0.0409. The summed E-state index contributed by atoms with van der Waals surface area (Å²) in [5.41, 5.74) is 0. The first-order chi connectivity index (χ1) is 8.20. The molecule has 1 heterocycles. The van der Waals surface area contributed by atoms with Crippen LogP contribution in [0.4, 0.5) is 0 Å². The van der Waals surface area contributed by atoms with Gasteiger partial charge in [-0.15, -0.1) is 0 Å². The third-order valence-electron chi connectivity index (χ3n) is 4.32. The molecule has 100 valence electrons. The average Bonchev–Trinajstić information content (AvgIpc) is 2.94. The Morgan fingerprint density at radius 2 is 2.12 bits per heavy atom. The molecule has 3 heteroatoms. The molecular weight excluding hydrogens is 212 g/mol. The van der Waals surface area contributed by atoms with Gasteiger partial charge in [-0.25, -0.2) is 0 Å². The molecule has 3 unspecified atom stereocenters. The molecule has 2 aliphatic rings. The Bertz CT molecular complexity index is 232. The molecule has 0 aromatic rings. The lowest BCUT2D eigenvalue weighted by Gasteiger charge is -2.28. The van der Waals surface area contributed by atoms with Crippen LogP contribution in [0.3, 0.4) is 0 Å². The molecule has 1 aliphatic heterocycles. The first kappa shape index (κ1) is 13.3. The Morgan fingerprint density at radius 3 is 2.82 bits per heavy atom. The van der Waals surface area contributed by atoms with Gasteiger partial charge in [-0.1, -0.05) is 13.8 Å². The number of hydrogen-bond donors (Lipinski definition) is 1. The topological polar surface area (TPSA) is 24.5 Å². The highest BCUT2D eigenvalue weighted by Crippen LogP contribution is 2.30. The van der Waals surface area contributed by atoms with E-state index in [0.29, 0.717) is 18.2 Å². The molecule has 0 aromatic carbocycles. The second-order valence-electron chi connectivity index (χ2n) is 5.98. The molecule has 1 aliphatic carbocycles. The van der Waals surface area contributed by atoms with Crippen molar-refractivity contribution < 1.29 is 4.74 Å². The van der Waals surface area contributed by atoms with Gasteiger partial charge in [-0.05, 0) is 44.7 Å². The van der Waals surface area contributed by atoms with Crippen LogP contribution in [0.2, 0.25) is 0 Å². The average molecular weight is 240 g/mol. The number of hydrogen-bond acceptors (Lipinski definition) is 3. The predicted octanol–water partition coefficient (Wildman–Crippen LogP) is 1.87. The van der Waals surface area contributed by atoms with Crippen LogP contribution in [-0.4, -0.2) is 49.8 Å². The molecule has 3 atom stereocenters. The quantitative estimate of drug-likeness (QED) is 0.794. The van der Waals surface area contributed by atoms with E-state index in [1.54, 1.807) is 0 Å². The smallest absolute Gasteiger partial charge is 0.0726 e. The van der Waals surface area contributed by atoms with E-state index < -0.39 is 0 Å². The molecule has 17 heavy (non-hydrogen) atoms. The highest BCUT2D eigenvalue weighted by Gasteiger charge is 2.35. The van der Waals surface area contributed by atoms with Gasteiger partial charge in [0.25, 0.3) is 0 Å². The molecule has 2 fully saturated rings. The molecule has 1 saturated carbocycles. The Balaban J connectivity index is 1.77. The lowest BCUT2D eigenvalue weighted by atomic mass is 10.1. The third-order valence-corrected chi connectivity index (χ3v) is 4.32. The van der Waals surface area contributed by atoms with E-state index in [1.807, 2.05) is 7.11 Å². The Hall–Kier alpha value is -0.120. The van der Waals surface area contributed by atoms with Gasteiger partial charge in [0.2, 0.25) is 0 Å². The first-order valence-electron chi connectivity index (χ1n) is 7.21. The number of ether oxygens (including phenoxy) is 1. The van der Waals surface area contributed by atoms with Crippen molar-refractivity contribution in [2.75, 3.05) is 26.7 Å². The summed E-state index contributed by atoms with van der Waals surface area (Å²) in [5, 5.41) is 3.57. The SMILES string of the molecule is COC1CCCC1N1CCC(CNC(C)C)C1. The van der Waals surface area contributed by atoms with Gasteiger partial charge in [-0.3, -0.25) is 4.90 Å². The molecular formula is C14H28N2O. The lowest BCUT2D eigenvalue weighted by Crippen LogP contribution is -2.40. The van der Waals surface area contributed by atoms with E-state index in [1.165, 1.54) is 45.3 Å². The zero-order valence-corrected chi connectivity index (χ0v) is 11.6. The summed E-state index contributed by atoms with van der Waals surface area (Å²) in [5.74, 6) is 0.843. The molecule has 1 saturated heterocycles. The molecule has 0 amide bonds. The summed E-state index contributed by atoms with van der Waals surface area (Å²) in [6, 6.07) is 1.31. The van der Waals surface area contributed by atoms with Crippen LogP contribution in [-0.2, 0) is 4.74 Å². The van der Waals surface area contributed by atoms with E-state index in [2.05, 4.69) is 24.1 Å². The van der Waals surface area contributed by atoms with Gasteiger partial charge in [0.15, 0.2) is 0 Å². The molecule has 0 bridgehead atoms. The van der Waals surface area contributed by atoms with Gasteiger partial charge < -0.3 is 10.1 Å². The Labute approximate surface area is 106 Å². The summed E-state index contributed by atoms with van der Waals surface area (Å²) >= 11 is 0. The number of nitrogens with one attached hydrogen (secondary N) is 1. The highest BCUT2D eigenvalue weighted by atomic mass is 16.5. The fourth-order valence-electron chi connectivity index (χ4n) is 3.33.